The number of thiophene rings is 1. The number of nitrogens with zero attached hydrogens (tertiary/aromatic N) is 3. The smallest absolute Gasteiger partial charge is 0.109 e. The van der Waals surface area contributed by atoms with Crippen molar-refractivity contribution in [2.75, 3.05) is 0 Å². The van der Waals surface area contributed by atoms with Gasteiger partial charge in [-0.3, -0.25) is 14.4 Å². The monoisotopic (exact) mass is 339 g/mol. The topological polar surface area (TPSA) is 30.2 Å². The highest BCUT2D eigenvalue weighted by molar-refractivity contribution is 7.22. The first-order valence-corrected chi connectivity index (χ1v) is 9.09. The van der Waals surface area contributed by atoms with Crippen molar-refractivity contribution < 1.29 is 0 Å². The molecule has 3 nitrogen and oxygen atoms in total. The Kier molecular flexibility index (Phi) is 2.43. The third kappa shape index (κ3) is 1.64. The Morgan fingerprint density at radius 2 is 1.84 bits per heavy atom. The Morgan fingerprint density at radius 3 is 2.72 bits per heavy atom. The van der Waals surface area contributed by atoms with Crippen molar-refractivity contribution in [3.8, 4) is 10.6 Å². The molecule has 118 valence electrons. The Morgan fingerprint density at radius 1 is 0.880 bits per heavy atom. The van der Waals surface area contributed by atoms with Gasteiger partial charge in [0.25, 0.3) is 0 Å². The molecule has 4 heteroatoms. The zero-order valence-corrected chi connectivity index (χ0v) is 14.3. The SMILES string of the molecule is Cc1ccc2c3nccc4c5cc(-c6ccccn6)sc5n(c2c1)c43. The maximum absolute atomic E-state index is 4.68. The zero-order chi connectivity index (χ0) is 16.5. The Hall–Kier alpha value is -2.98. The van der Waals surface area contributed by atoms with Gasteiger partial charge in [-0.25, -0.2) is 0 Å². The molecule has 6 aromatic rings. The molecule has 0 bridgehead atoms. The van der Waals surface area contributed by atoms with Gasteiger partial charge in [0.1, 0.15) is 4.83 Å². The second-order valence-corrected chi connectivity index (χ2v) is 7.49. The van der Waals surface area contributed by atoms with Crippen LogP contribution in [0.2, 0.25) is 0 Å². The summed E-state index contributed by atoms with van der Waals surface area (Å²) >= 11 is 1.80. The maximum Gasteiger partial charge on any atom is 0.109 e. The van der Waals surface area contributed by atoms with Gasteiger partial charge in [0.05, 0.1) is 27.1 Å². The van der Waals surface area contributed by atoms with Gasteiger partial charge in [-0.15, -0.1) is 11.3 Å². The first kappa shape index (κ1) is 13.3. The fourth-order valence-corrected chi connectivity index (χ4v) is 5.00. The summed E-state index contributed by atoms with van der Waals surface area (Å²) in [6.07, 6.45) is 3.78. The number of hydrogen-bond acceptors (Lipinski definition) is 3. The molecular weight excluding hydrogens is 326 g/mol. The van der Waals surface area contributed by atoms with E-state index in [0.29, 0.717) is 0 Å². The molecule has 0 radical (unpaired) electrons. The van der Waals surface area contributed by atoms with Crippen LogP contribution < -0.4 is 0 Å². The van der Waals surface area contributed by atoms with Gasteiger partial charge in [-0.05, 0) is 42.8 Å². The summed E-state index contributed by atoms with van der Waals surface area (Å²) < 4.78 is 2.38. The van der Waals surface area contributed by atoms with E-state index in [2.05, 4.69) is 57.7 Å². The van der Waals surface area contributed by atoms with E-state index in [9.17, 15) is 0 Å². The first-order valence-electron chi connectivity index (χ1n) is 8.27. The molecule has 0 saturated carbocycles. The number of aryl methyl sites for hydroxylation is 1. The van der Waals surface area contributed by atoms with Crippen LogP contribution in [0, 0.1) is 6.92 Å². The molecule has 0 saturated heterocycles. The van der Waals surface area contributed by atoms with Crippen molar-refractivity contribution in [2.45, 2.75) is 6.92 Å². The van der Waals surface area contributed by atoms with Crippen molar-refractivity contribution in [2.24, 2.45) is 0 Å². The third-order valence-corrected chi connectivity index (χ3v) is 6.06. The van der Waals surface area contributed by atoms with Crippen molar-refractivity contribution in [3.05, 3.63) is 66.5 Å². The lowest BCUT2D eigenvalue weighted by atomic mass is 10.1. The van der Waals surface area contributed by atoms with E-state index in [1.165, 1.54) is 42.5 Å². The molecule has 0 amide bonds. The van der Waals surface area contributed by atoms with E-state index < -0.39 is 0 Å². The van der Waals surface area contributed by atoms with Crippen molar-refractivity contribution in [1.29, 1.82) is 0 Å². The number of aromatic nitrogens is 3. The van der Waals surface area contributed by atoms with Crippen LogP contribution >= 0.6 is 11.3 Å². The van der Waals surface area contributed by atoms with Crippen LogP contribution in [0.1, 0.15) is 5.56 Å². The number of benzene rings is 1. The Bertz CT molecular complexity index is 1390. The summed E-state index contributed by atoms with van der Waals surface area (Å²) in [5.41, 5.74) is 5.86. The number of fused-ring (bicyclic) bond motifs is 6. The molecule has 0 aliphatic rings. The van der Waals surface area contributed by atoms with E-state index in [1.807, 2.05) is 24.5 Å². The second kappa shape index (κ2) is 4.55. The molecule has 0 fully saturated rings. The minimum Gasteiger partial charge on any atom is -0.298 e. The van der Waals surface area contributed by atoms with Crippen LogP contribution in [0.15, 0.2) is 60.9 Å². The van der Waals surface area contributed by atoms with E-state index in [-0.39, 0.29) is 0 Å². The highest BCUT2D eigenvalue weighted by atomic mass is 32.1. The number of pyridine rings is 2. The van der Waals surface area contributed by atoms with E-state index in [1.54, 1.807) is 11.3 Å². The van der Waals surface area contributed by atoms with Crippen molar-refractivity contribution in [1.82, 2.24) is 14.4 Å². The van der Waals surface area contributed by atoms with Crippen LogP contribution in [0.5, 0.6) is 0 Å². The molecule has 0 N–H and O–H groups in total. The van der Waals surface area contributed by atoms with Crippen LogP contribution in [-0.4, -0.2) is 14.4 Å². The Labute approximate surface area is 147 Å². The quantitative estimate of drug-likeness (QED) is 0.387. The summed E-state index contributed by atoms with van der Waals surface area (Å²) in [6, 6.07) is 17.1. The van der Waals surface area contributed by atoms with Gasteiger partial charge in [0, 0.05) is 28.6 Å². The number of rotatable bonds is 1. The standard InChI is InChI=1S/C21H13N3S/c1-12-5-6-14-17(10-12)24-20-13(7-9-23-19(14)20)15-11-18(25-21(15)24)16-4-2-3-8-22-16/h2-11H,1H3. The van der Waals surface area contributed by atoms with Gasteiger partial charge in [0.15, 0.2) is 0 Å². The summed E-state index contributed by atoms with van der Waals surface area (Å²) in [5, 5.41) is 3.78. The lowest BCUT2D eigenvalue weighted by Gasteiger charge is -1.96. The summed E-state index contributed by atoms with van der Waals surface area (Å²) in [5.74, 6) is 0. The molecule has 0 aliphatic carbocycles. The normalized spacial score (nSPS) is 12.2. The predicted octanol–water partition coefficient (Wildman–Crippen LogP) is 5.66. The minimum atomic E-state index is 1.03. The fourth-order valence-electron chi connectivity index (χ4n) is 3.83. The third-order valence-electron chi connectivity index (χ3n) is 4.92. The molecule has 0 atom stereocenters. The van der Waals surface area contributed by atoms with Gasteiger partial charge in [-0.2, -0.15) is 0 Å². The van der Waals surface area contributed by atoms with Crippen molar-refractivity contribution >= 4 is 48.9 Å². The van der Waals surface area contributed by atoms with Crippen LogP contribution in [-0.2, 0) is 0 Å². The van der Waals surface area contributed by atoms with Crippen LogP contribution in [0.4, 0.5) is 0 Å². The van der Waals surface area contributed by atoms with E-state index >= 15 is 0 Å². The second-order valence-electron chi connectivity index (χ2n) is 6.46. The summed E-state index contributed by atoms with van der Waals surface area (Å²) in [7, 11) is 0. The fraction of sp³-hybridized carbons (Fsp3) is 0.0476. The predicted molar refractivity (Wildman–Crippen MR) is 105 cm³/mol. The highest BCUT2D eigenvalue weighted by Crippen LogP contribution is 2.43. The van der Waals surface area contributed by atoms with Gasteiger partial charge < -0.3 is 0 Å². The van der Waals surface area contributed by atoms with Crippen molar-refractivity contribution in [3.63, 3.8) is 0 Å². The largest absolute Gasteiger partial charge is 0.298 e. The summed E-state index contributed by atoms with van der Waals surface area (Å²) in [6.45, 7) is 2.14. The highest BCUT2D eigenvalue weighted by Gasteiger charge is 2.20. The maximum atomic E-state index is 4.68. The van der Waals surface area contributed by atoms with Crippen LogP contribution in [0.3, 0.4) is 0 Å². The van der Waals surface area contributed by atoms with E-state index in [4.69, 9.17) is 0 Å². The summed E-state index contributed by atoms with van der Waals surface area (Å²) in [4.78, 5) is 11.7. The minimum absolute atomic E-state index is 1.03. The Balaban J connectivity index is 1.84. The molecule has 0 spiro atoms. The zero-order valence-electron chi connectivity index (χ0n) is 13.5. The lowest BCUT2D eigenvalue weighted by molar-refractivity contribution is 1.34. The molecule has 6 rings (SSSR count). The van der Waals surface area contributed by atoms with Crippen LogP contribution in [0.25, 0.3) is 48.1 Å². The molecule has 0 unspecified atom stereocenters. The van der Waals surface area contributed by atoms with Gasteiger partial charge in [0.2, 0.25) is 0 Å². The molecule has 5 aromatic heterocycles. The lowest BCUT2D eigenvalue weighted by Crippen LogP contribution is -1.79. The van der Waals surface area contributed by atoms with E-state index in [0.717, 1.165) is 11.2 Å². The van der Waals surface area contributed by atoms with Gasteiger partial charge >= 0.3 is 0 Å². The molecule has 5 heterocycles. The molecular formula is C21H13N3S. The average Bonchev–Trinajstić information content (AvgIpc) is 3.29. The molecule has 25 heavy (non-hydrogen) atoms. The molecule has 0 aliphatic heterocycles. The first-order chi connectivity index (χ1) is 12.3. The number of hydrogen-bond donors (Lipinski definition) is 0. The van der Waals surface area contributed by atoms with Gasteiger partial charge in [-0.1, -0.05) is 18.2 Å². The molecule has 1 aromatic carbocycles. The average molecular weight is 339 g/mol.